The first kappa shape index (κ1) is 14.1. The number of rotatable bonds is 3. The highest BCUT2D eigenvalue weighted by Crippen LogP contribution is 2.25. The maximum atomic E-state index is 12.4. The van der Waals surface area contributed by atoms with Gasteiger partial charge in [0, 0.05) is 30.5 Å². The van der Waals surface area contributed by atoms with Crippen LogP contribution in [0.5, 0.6) is 0 Å². The van der Waals surface area contributed by atoms with E-state index in [1.54, 1.807) is 17.1 Å². The Morgan fingerprint density at radius 1 is 1.43 bits per heavy atom. The zero-order valence-electron chi connectivity index (χ0n) is 12.6. The number of carbonyl (C=O) groups is 1. The van der Waals surface area contributed by atoms with E-state index >= 15 is 0 Å². The largest absolute Gasteiger partial charge is 0.348 e. The molecule has 1 aliphatic rings. The van der Waals surface area contributed by atoms with Crippen LogP contribution in [0.3, 0.4) is 0 Å². The summed E-state index contributed by atoms with van der Waals surface area (Å²) in [5.41, 5.74) is 3.31. The molecule has 0 radical (unpaired) electrons. The molecule has 0 fully saturated rings. The Hall–Kier alpha value is -2.48. The number of hydrogen-bond acceptors (Lipinski definition) is 5. The molecule has 1 atom stereocenters. The molecule has 0 bridgehead atoms. The Labute approximate surface area is 136 Å². The van der Waals surface area contributed by atoms with Crippen LogP contribution < -0.4 is 5.32 Å². The molecule has 3 aromatic heterocycles. The van der Waals surface area contributed by atoms with Gasteiger partial charge < -0.3 is 5.32 Å². The zero-order chi connectivity index (χ0) is 15.8. The van der Waals surface area contributed by atoms with Crippen molar-refractivity contribution in [2.45, 2.75) is 25.3 Å². The number of nitrogens with zero attached hydrogens (tertiary/aromatic N) is 4. The molecule has 1 unspecified atom stereocenters. The summed E-state index contributed by atoms with van der Waals surface area (Å²) in [5.74, 6) is -0.0606. The Kier molecular flexibility index (Phi) is 3.45. The van der Waals surface area contributed by atoms with Crippen LogP contribution in [0.25, 0.3) is 10.6 Å². The fourth-order valence-electron chi connectivity index (χ4n) is 2.84. The van der Waals surface area contributed by atoms with Gasteiger partial charge in [-0.25, -0.2) is 4.98 Å². The fourth-order valence-corrected chi connectivity index (χ4v) is 3.63. The van der Waals surface area contributed by atoms with Gasteiger partial charge in [-0.1, -0.05) is 0 Å². The number of hydrogen-bond donors (Lipinski definition) is 2. The van der Waals surface area contributed by atoms with Crippen LogP contribution in [-0.2, 0) is 19.9 Å². The minimum atomic E-state index is -0.0606. The molecule has 3 heterocycles. The second-order valence-corrected chi connectivity index (χ2v) is 6.75. The molecule has 1 amide bonds. The average molecular weight is 328 g/mol. The first-order valence-corrected chi connectivity index (χ1v) is 8.27. The van der Waals surface area contributed by atoms with Crippen molar-refractivity contribution in [3.63, 3.8) is 0 Å². The third-order valence-corrected chi connectivity index (χ3v) is 5.08. The normalized spacial score (nSPS) is 17.0. The molecule has 0 saturated carbocycles. The lowest BCUT2D eigenvalue weighted by molar-refractivity contribution is 0.0937. The van der Waals surface area contributed by atoms with Gasteiger partial charge in [-0.05, 0) is 24.8 Å². The smallest absolute Gasteiger partial charge is 0.263 e. The standard InChI is InChI=1S/C15H16N6OS/c1-21-8-10(6-18-21)15-16-7-13(23-15)14(22)19-11-2-3-12-9(4-11)5-17-20-12/h5-8,11H,2-4H2,1H3,(H,17,20)(H,19,22). The number of thiazole rings is 1. The third-order valence-electron chi connectivity index (χ3n) is 4.03. The summed E-state index contributed by atoms with van der Waals surface area (Å²) in [6.45, 7) is 0. The molecule has 23 heavy (non-hydrogen) atoms. The van der Waals surface area contributed by atoms with Crippen LogP contribution in [0.1, 0.15) is 27.3 Å². The fraction of sp³-hybridized carbons (Fsp3) is 0.333. The van der Waals surface area contributed by atoms with Crippen LogP contribution in [-0.4, -0.2) is 36.9 Å². The maximum absolute atomic E-state index is 12.4. The summed E-state index contributed by atoms with van der Waals surface area (Å²) in [5, 5.41) is 15.1. The summed E-state index contributed by atoms with van der Waals surface area (Å²) in [7, 11) is 1.86. The number of aryl methyl sites for hydroxylation is 2. The first-order chi connectivity index (χ1) is 11.2. The highest BCUT2D eigenvalue weighted by Gasteiger charge is 2.23. The molecule has 1 aliphatic carbocycles. The number of carbonyl (C=O) groups excluding carboxylic acids is 1. The minimum absolute atomic E-state index is 0.0606. The van der Waals surface area contributed by atoms with E-state index < -0.39 is 0 Å². The van der Waals surface area contributed by atoms with Crippen molar-refractivity contribution in [2.75, 3.05) is 0 Å². The summed E-state index contributed by atoms with van der Waals surface area (Å²) in [6.07, 6.45) is 9.80. The zero-order valence-corrected chi connectivity index (χ0v) is 13.4. The molecule has 7 nitrogen and oxygen atoms in total. The number of aromatic amines is 1. The number of amides is 1. The first-order valence-electron chi connectivity index (χ1n) is 7.46. The maximum Gasteiger partial charge on any atom is 0.263 e. The summed E-state index contributed by atoms with van der Waals surface area (Å²) >= 11 is 1.39. The van der Waals surface area contributed by atoms with Crippen LogP contribution in [0.2, 0.25) is 0 Å². The monoisotopic (exact) mass is 328 g/mol. The lowest BCUT2D eigenvalue weighted by Crippen LogP contribution is -2.38. The molecular weight excluding hydrogens is 312 g/mol. The Balaban J connectivity index is 1.45. The average Bonchev–Trinajstić information content (AvgIpc) is 3.26. The van der Waals surface area contributed by atoms with E-state index in [0.717, 1.165) is 29.8 Å². The van der Waals surface area contributed by atoms with Gasteiger partial charge in [0.25, 0.3) is 5.91 Å². The van der Waals surface area contributed by atoms with Gasteiger partial charge in [-0.2, -0.15) is 10.2 Å². The third kappa shape index (κ3) is 2.77. The van der Waals surface area contributed by atoms with Crippen molar-refractivity contribution >= 4 is 17.2 Å². The van der Waals surface area contributed by atoms with E-state index in [-0.39, 0.29) is 11.9 Å². The number of nitrogens with one attached hydrogen (secondary N) is 2. The highest BCUT2D eigenvalue weighted by molar-refractivity contribution is 7.16. The van der Waals surface area contributed by atoms with Crippen molar-refractivity contribution in [2.24, 2.45) is 7.05 Å². The van der Waals surface area contributed by atoms with Crippen molar-refractivity contribution in [1.29, 1.82) is 0 Å². The highest BCUT2D eigenvalue weighted by atomic mass is 32.1. The summed E-state index contributed by atoms with van der Waals surface area (Å²) in [6, 6.07) is 0.150. The molecule has 118 valence electrons. The molecule has 8 heteroatoms. The number of aromatic nitrogens is 5. The number of H-pyrrole nitrogens is 1. The van der Waals surface area contributed by atoms with Crippen LogP contribution in [0.15, 0.2) is 24.8 Å². The van der Waals surface area contributed by atoms with Crippen LogP contribution in [0, 0.1) is 0 Å². The molecule has 2 N–H and O–H groups in total. The van der Waals surface area contributed by atoms with E-state index in [1.165, 1.54) is 22.6 Å². The predicted molar refractivity (Wildman–Crippen MR) is 86.2 cm³/mol. The van der Waals surface area contributed by atoms with Gasteiger partial charge in [0.05, 0.1) is 18.6 Å². The van der Waals surface area contributed by atoms with Crippen LogP contribution in [0.4, 0.5) is 0 Å². The second kappa shape index (κ2) is 5.62. The molecule has 4 rings (SSSR count). The Bertz CT molecular complexity index is 848. The molecule has 0 saturated heterocycles. The van der Waals surface area contributed by atoms with Gasteiger partial charge >= 0.3 is 0 Å². The van der Waals surface area contributed by atoms with Crippen molar-refractivity contribution in [1.82, 2.24) is 30.3 Å². The quantitative estimate of drug-likeness (QED) is 0.763. The lowest BCUT2D eigenvalue weighted by Gasteiger charge is -2.22. The molecule has 3 aromatic rings. The van der Waals surface area contributed by atoms with Crippen LogP contribution >= 0.6 is 11.3 Å². The van der Waals surface area contributed by atoms with E-state index in [1.807, 2.05) is 19.4 Å². The SMILES string of the molecule is Cn1cc(-c2ncc(C(=O)NC3CCc4[nH]ncc4C3)s2)cn1. The van der Waals surface area contributed by atoms with Crippen molar-refractivity contribution in [3.05, 3.63) is 40.9 Å². The van der Waals surface area contributed by atoms with Gasteiger partial charge in [0.15, 0.2) is 0 Å². The second-order valence-electron chi connectivity index (χ2n) is 5.72. The molecule has 0 spiro atoms. The van der Waals surface area contributed by atoms with E-state index in [0.29, 0.717) is 4.88 Å². The van der Waals surface area contributed by atoms with Gasteiger partial charge in [0.2, 0.25) is 0 Å². The summed E-state index contributed by atoms with van der Waals surface area (Å²) < 4.78 is 1.72. The molecule has 0 aliphatic heterocycles. The van der Waals surface area contributed by atoms with Crippen molar-refractivity contribution in [3.8, 4) is 10.6 Å². The summed E-state index contributed by atoms with van der Waals surface area (Å²) in [4.78, 5) is 17.4. The van der Waals surface area contributed by atoms with Gasteiger partial charge in [-0.3, -0.25) is 14.6 Å². The number of fused-ring (bicyclic) bond motifs is 1. The molecular formula is C15H16N6OS. The van der Waals surface area contributed by atoms with E-state index in [2.05, 4.69) is 25.6 Å². The van der Waals surface area contributed by atoms with Crippen molar-refractivity contribution < 1.29 is 4.79 Å². The Morgan fingerprint density at radius 2 is 2.35 bits per heavy atom. The van der Waals surface area contributed by atoms with Gasteiger partial charge in [-0.15, -0.1) is 11.3 Å². The topological polar surface area (TPSA) is 88.5 Å². The van der Waals surface area contributed by atoms with E-state index in [4.69, 9.17) is 0 Å². The Morgan fingerprint density at radius 3 is 3.17 bits per heavy atom. The predicted octanol–water partition coefficient (Wildman–Crippen LogP) is 1.55. The minimum Gasteiger partial charge on any atom is -0.348 e. The van der Waals surface area contributed by atoms with Gasteiger partial charge in [0.1, 0.15) is 9.88 Å². The molecule has 0 aromatic carbocycles. The lowest BCUT2D eigenvalue weighted by atomic mass is 9.93. The van der Waals surface area contributed by atoms with E-state index in [9.17, 15) is 4.79 Å².